The Bertz CT molecular complexity index is 751. The Morgan fingerprint density at radius 2 is 2.00 bits per heavy atom. The molecule has 0 radical (unpaired) electrons. The Kier molecular flexibility index (Phi) is 5.01. The van der Waals surface area contributed by atoms with Gasteiger partial charge < -0.3 is 4.52 Å². The highest BCUT2D eigenvalue weighted by molar-refractivity contribution is 7.90. The molecule has 120 valence electrons. The first-order valence-electron chi connectivity index (χ1n) is 7.43. The minimum atomic E-state index is -3.40. The molecule has 0 N–H and O–H groups in total. The zero-order chi connectivity index (χ0) is 16.3. The average Bonchev–Trinajstić information content (AvgIpc) is 2.90. The van der Waals surface area contributed by atoms with Crippen LogP contribution in [-0.4, -0.2) is 18.6 Å². The Balaban J connectivity index is 2.23. The second kappa shape index (κ2) is 6.60. The molecule has 0 saturated heterocycles. The van der Waals surface area contributed by atoms with E-state index in [1.807, 2.05) is 39.0 Å². The van der Waals surface area contributed by atoms with Gasteiger partial charge in [0.1, 0.15) is 5.25 Å². The largest absolute Gasteiger partial charge is 0.338 e. The average molecular weight is 322 g/mol. The van der Waals surface area contributed by atoms with Crippen molar-refractivity contribution in [1.29, 1.82) is 0 Å². The summed E-state index contributed by atoms with van der Waals surface area (Å²) in [7, 11) is -3.40. The van der Waals surface area contributed by atoms with Crippen molar-refractivity contribution in [3.63, 3.8) is 0 Å². The van der Waals surface area contributed by atoms with E-state index in [9.17, 15) is 8.42 Å². The number of sulfone groups is 1. The standard InChI is InChI=1S/C16H22N2O3S/c1-5-6-15-17-16(21-18-15)13(4)22(19,20)10-14-9-11(2)7-8-12(14)3/h7-9,13H,5-6,10H2,1-4H3. The van der Waals surface area contributed by atoms with Crippen LogP contribution in [0.15, 0.2) is 22.7 Å². The Hall–Kier alpha value is -1.69. The third kappa shape index (κ3) is 3.74. The molecule has 1 heterocycles. The highest BCUT2D eigenvalue weighted by atomic mass is 32.2. The third-order valence-electron chi connectivity index (χ3n) is 3.71. The van der Waals surface area contributed by atoms with E-state index in [-0.39, 0.29) is 11.6 Å². The number of aromatic nitrogens is 2. The van der Waals surface area contributed by atoms with Crippen molar-refractivity contribution in [2.24, 2.45) is 0 Å². The molecule has 1 atom stereocenters. The maximum atomic E-state index is 12.6. The van der Waals surface area contributed by atoms with Gasteiger partial charge in [-0.05, 0) is 38.3 Å². The summed E-state index contributed by atoms with van der Waals surface area (Å²) < 4.78 is 30.3. The molecule has 0 amide bonds. The Morgan fingerprint density at radius 1 is 1.27 bits per heavy atom. The summed E-state index contributed by atoms with van der Waals surface area (Å²) in [5.74, 6) is 0.715. The van der Waals surface area contributed by atoms with Crippen LogP contribution in [-0.2, 0) is 22.0 Å². The number of rotatable bonds is 6. The molecule has 0 aliphatic rings. The maximum Gasteiger partial charge on any atom is 0.244 e. The maximum absolute atomic E-state index is 12.6. The number of hydrogen-bond donors (Lipinski definition) is 0. The topological polar surface area (TPSA) is 73.1 Å². The molecule has 2 rings (SSSR count). The summed E-state index contributed by atoms with van der Waals surface area (Å²) in [5.41, 5.74) is 2.84. The zero-order valence-electron chi connectivity index (χ0n) is 13.5. The van der Waals surface area contributed by atoms with E-state index in [0.29, 0.717) is 12.2 Å². The van der Waals surface area contributed by atoms with E-state index in [1.54, 1.807) is 6.92 Å². The molecule has 0 aliphatic heterocycles. The van der Waals surface area contributed by atoms with Gasteiger partial charge in [-0.3, -0.25) is 0 Å². The molecule has 0 bridgehead atoms. The lowest BCUT2D eigenvalue weighted by molar-refractivity contribution is 0.371. The smallest absolute Gasteiger partial charge is 0.244 e. The minimum Gasteiger partial charge on any atom is -0.338 e. The second-order valence-corrected chi connectivity index (χ2v) is 8.00. The van der Waals surface area contributed by atoms with Crippen LogP contribution in [0.5, 0.6) is 0 Å². The fraction of sp³-hybridized carbons (Fsp3) is 0.500. The van der Waals surface area contributed by atoms with E-state index >= 15 is 0 Å². The van der Waals surface area contributed by atoms with E-state index in [1.165, 1.54) is 0 Å². The molecule has 1 unspecified atom stereocenters. The molecule has 5 nitrogen and oxygen atoms in total. The number of nitrogens with zero attached hydrogens (tertiary/aromatic N) is 2. The highest BCUT2D eigenvalue weighted by Crippen LogP contribution is 2.25. The molecule has 22 heavy (non-hydrogen) atoms. The number of benzene rings is 1. The Morgan fingerprint density at radius 3 is 2.68 bits per heavy atom. The quantitative estimate of drug-likeness (QED) is 0.815. The van der Waals surface area contributed by atoms with Crippen LogP contribution >= 0.6 is 0 Å². The van der Waals surface area contributed by atoms with Gasteiger partial charge in [0.15, 0.2) is 15.7 Å². The SMILES string of the molecule is CCCc1noc(C(C)S(=O)(=O)Cc2cc(C)ccc2C)n1. The molecule has 0 aliphatic carbocycles. The predicted octanol–water partition coefficient (Wildman–Crippen LogP) is 3.31. The van der Waals surface area contributed by atoms with Crippen molar-refractivity contribution < 1.29 is 12.9 Å². The first-order valence-corrected chi connectivity index (χ1v) is 9.15. The summed E-state index contributed by atoms with van der Waals surface area (Å²) in [6, 6.07) is 5.83. The molecule has 1 aromatic carbocycles. The van der Waals surface area contributed by atoms with E-state index in [2.05, 4.69) is 10.1 Å². The molecular formula is C16H22N2O3S. The molecule has 0 spiro atoms. The number of aryl methyl sites for hydroxylation is 3. The molecular weight excluding hydrogens is 300 g/mol. The Labute approximate surface area is 131 Å². The fourth-order valence-electron chi connectivity index (χ4n) is 2.21. The van der Waals surface area contributed by atoms with Gasteiger partial charge in [-0.25, -0.2) is 8.42 Å². The first-order chi connectivity index (χ1) is 10.3. The predicted molar refractivity (Wildman–Crippen MR) is 85.2 cm³/mol. The van der Waals surface area contributed by atoms with Crippen molar-refractivity contribution in [1.82, 2.24) is 10.1 Å². The zero-order valence-corrected chi connectivity index (χ0v) is 14.3. The molecule has 6 heteroatoms. The van der Waals surface area contributed by atoms with Crippen LogP contribution in [0.2, 0.25) is 0 Å². The molecule has 0 saturated carbocycles. The lowest BCUT2D eigenvalue weighted by Crippen LogP contribution is -2.14. The van der Waals surface area contributed by atoms with Crippen molar-refractivity contribution in [2.75, 3.05) is 0 Å². The lowest BCUT2D eigenvalue weighted by Gasteiger charge is -2.11. The van der Waals surface area contributed by atoms with Crippen molar-refractivity contribution in [2.45, 2.75) is 51.5 Å². The van der Waals surface area contributed by atoms with Crippen molar-refractivity contribution in [3.8, 4) is 0 Å². The van der Waals surface area contributed by atoms with Crippen LogP contribution in [0.4, 0.5) is 0 Å². The monoisotopic (exact) mass is 322 g/mol. The second-order valence-electron chi connectivity index (χ2n) is 5.68. The van der Waals surface area contributed by atoms with Crippen molar-refractivity contribution >= 4 is 9.84 Å². The molecule has 0 fully saturated rings. The summed E-state index contributed by atoms with van der Waals surface area (Å²) in [6.07, 6.45) is 1.58. The van der Waals surface area contributed by atoms with Gasteiger partial charge in [0.05, 0.1) is 5.75 Å². The lowest BCUT2D eigenvalue weighted by atomic mass is 10.1. The highest BCUT2D eigenvalue weighted by Gasteiger charge is 2.28. The fourth-order valence-corrected chi connectivity index (χ4v) is 3.61. The molecule has 2 aromatic rings. The van der Waals surface area contributed by atoms with Crippen LogP contribution < -0.4 is 0 Å². The normalized spacial score (nSPS) is 13.3. The van der Waals surface area contributed by atoms with Gasteiger partial charge in [-0.1, -0.05) is 35.8 Å². The summed E-state index contributed by atoms with van der Waals surface area (Å²) >= 11 is 0. The van der Waals surface area contributed by atoms with Crippen LogP contribution in [0, 0.1) is 13.8 Å². The summed E-state index contributed by atoms with van der Waals surface area (Å²) in [4.78, 5) is 4.19. The van der Waals surface area contributed by atoms with Gasteiger partial charge in [0.25, 0.3) is 0 Å². The van der Waals surface area contributed by atoms with E-state index in [4.69, 9.17) is 4.52 Å². The van der Waals surface area contributed by atoms with Gasteiger partial charge >= 0.3 is 0 Å². The first kappa shape index (κ1) is 16.7. The third-order valence-corrected chi connectivity index (χ3v) is 5.70. The van der Waals surface area contributed by atoms with Gasteiger partial charge in [0.2, 0.25) is 5.89 Å². The molecule has 1 aromatic heterocycles. The van der Waals surface area contributed by atoms with Crippen molar-refractivity contribution in [3.05, 3.63) is 46.6 Å². The van der Waals surface area contributed by atoms with Gasteiger partial charge in [-0.15, -0.1) is 0 Å². The minimum absolute atomic E-state index is 0.0207. The van der Waals surface area contributed by atoms with E-state index < -0.39 is 15.1 Å². The summed E-state index contributed by atoms with van der Waals surface area (Å²) in [6.45, 7) is 7.48. The van der Waals surface area contributed by atoms with Crippen LogP contribution in [0.25, 0.3) is 0 Å². The van der Waals surface area contributed by atoms with Gasteiger partial charge in [-0.2, -0.15) is 4.98 Å². The van der Waals surface area contributed by atoms with Crippen LogP contribution in [0.3, 0.4) is 0 Å². The van der Waals surface area contributed by atoms with E-state index in [0.717, 1.165) is 23.1 Å². The van der Waals surface area contributed by atoms with Gasteiger partial charge in [0, 0.05) is 6.42 Å². The number of hydrogen-bond acceptors (Lipinski definition) is 5. The summed E-state index contributed by atoms with van der Waals surface area (Å²) in [5, 5.41) is 3.03. The van der Waals surface area contributed by atoms with Crippen LogP contribution in [0.1, 0.15) is 53.9 Å².